The van der Waals surface area contributed by atoms with Gasteiger partial charge in [0.05, 0.1) is 12.2 Å². The Morgan fingerprint density at radius 2 is 1.85 bits per heavy atom. The minimum Gasteiger partial charge on any atom is -0.390 e. The van der Waals surface area contributed by atoms with Gasteiger partial charge in [-0.3, -0.25) is 0 Å². The fourth-order valence-electron chi connectivity index (χ4n) is 2.00. The van der Waals surface area contributed by atoms with Crippen molar-refractivity contribution in [1.82, 2.24) is 5.32 Å². The van der Waals surface area contributed by atoms with Gasteiger partial charge in [0.2, 0.25) is 0 Å². The Hall–Kier alpha value is -0.260. The number of rotatable bonds is 1. The van der Waals surface area contributed by atoms with E-state index in [-0.39, 0.29) is 13.0 Å². The number of aliphatic hydroxyl groups is 2. The van der Waals surface area contributed by atoms with E-state index in [0.717, 1.165) is 0 Å². The van der Waals surface area contributed by atoms with Crippen LogP contribution in [0.2, 0.25) is 0 Å². The van der Waals surface area contributed by atoms with Crippen LogP contribution < -0.4 is 5.32 Å². The van der Waals surface area contributed by atoms with E-state index < -0.39 is 30.0 Å². The average Bonchev–Trinajstić information content (AvgIpc) is 2.66. The Bertz CT molecular complexity index is 210. The SMILES string of the molecule is O[C@@H]1CNCC(C2CC2(F)F)[C@H]1O. The van der Waals surface area contributed by atoms with Gasteiger partial charge >= 0.3 is 0 Å². The number of β-amino-alcohol motifs (C(OH)–C–C–N with tert-alkyl or cyclic N) is 1. The smallest absolute Gasteiger partial charge is 0.252 e. The number of hydrogen-bond acceptors (Lipinski definition) is 3. The zero-order chi connectivity index (χ0) is 9.64. The molecule has 0 aromatic carbocycles. The summed E-state index contributed by atoms with van der Waals surface area (Å²) in [5.41, 5.74) is 0. The van der Waals surface area contributed by atoms with Crippen molar-refractivity contribution in [2.75, 3.05) is 13.1 Å². The number of alkyl halides is 2. The van der Waals surface area contributed by atoms with Crippen LogP contribution in [0.5, 0.6) is 0 Å². The normalized spacial score (nSPS) is 48.9. The van der Waals surface area contributed by atoms with Crippen molar-refractivity contribution in [3.8, 4) is 0 Å². The van der Waals surface area contributed by atoms with Gasteiger partial charge in [-0.15, -0.1) is 0 Å². The highest BCUT2D eigenvalue weighted by atomic mass is 19.3. The third-order valence-corrected chi connectivity index (χ3v) is 2.96. The number of nitrogens with one attached hydrogen (secondary N) is 1. The first kappa shape index (κ1) is 9.30. The minimum absolute atomic E-state index is 0.150. The number of aliphatic hydroxyl groups excluding tert-OH is 2. The molecule has 0 bridgehead atoms. The van der Waals surface area contributed by atoms with Crippen LogP contribution in [0.4, 0.5) is 8.78 Å². The first-order valence-electron chi connectivity index (χ1n) is 4.47. The summed E-state index contributed by atoms with van der Waals surface area (Å²) in [5, 5.41) is 21.5. The Kier molecular flexibility index (Phi) is 2.05. The van der Waals surface area contributed by atoms with Crippen molar-refractivity contribution in [3.05, 3.63) is 0 Å². The monoisotopic (exact) mass is 193 g/mol. The molecule has 1 aliphatic carbocycles. The zero-order valence-electron chi connectivity index (χ0n) is 7.08. The molecule has 1 heterocycles. The molecular formula is C8H13F2NO2. The maximum atomic E-state index is 12.7. The summed E-state index contributed by atoms with van der Waals surface area (Å²) in [6, 6.07) is 0. The minimum atomic E-state index is -2.62. The molecule has 2 unspecified atom stereocenters. The Labute approximate surface area is 74.8 Å². The second-order valence-corrected chi connectivity index (χ2v) is 3.95. The summed E-state index contributed by atoms with van der Waals surface area (Å²) in [4.78, 5) is 0. The molecule has 5 heteroatoms. The first-order chi connectivity index (χ1) is 6.02. The van der Waals surface area contributed by atoms with Gasteiger partial charge in [-0.05, 0) is 0 Å². The lowest BCUT2D eigenvalue weighted by Gasteiger charge is -2.32. The van der Waals surface area contributed by atoms with Crippen molar-refractivity contribution in [3.63, 3.8) is 0 Å². The lowest BCUT2D eigenvalue weighted by Crippen LogP contribution is -2.51. The van der Waals surface area contributed by atoms with E-state index in [4.69, 9.17) is 0 Å². The molecule has 0 radical (unpaired) electrons. The van der Waals surface area contributed by atoms with E-state index in [0.29, 0.717) is 6.54 Å². The van der Waals surface area contributed by atoms with Crippen LogP contribution in [-0.4, -0.2) is 41.4 Å². The van der Waals surface area contributed by atoms with Crippen molar-refractivity contribution < 1.29 is 19.0 Å². The molecule has 3 nitrogen and oxygen atoms in total. The molecule has 1 aliphatic heterocycles. The first-order valence-corrected chi connectivity index (χ1v) is 4.47. The largest absolute Gasteiger partial charge is 0.390 e. The van der Waals surface area contributed by atoms with E-state index in [1.54, 1.807) is 0 Å². The molecule has 13 heavy (non-hydrogen) atoms. The van der Waals surface area contributed by atoms with E-state index in [1.807, 2.05) is 0 Å². The van der Waals surface area contributed by atoms with E-state index in [9.17, 15) is 19.0 Å². The predicted octanol–water partition coefficient (Wildman–Crippen LogP) is -0.417. The average molecular weight is 193 g/mol. The molecule has 1 saturated carbocycles. The molecular weight excluding hydrogens is 180 g/mol. The molecule has 0 aromatic heterocycles. The number of hydrogen-bond donors (Lipinski definition) is 3. The lowest BCUT2D eigenvalue weighted by molar-refractivity contribution is -0.0538. The van der Waals surface area contributed by atoms with Crippen molar-refractivity contribution in [1.29, 1.82) is 0 Å². The topological polar surface area (TPSA) is 52.5 Å². The molecule has 0 amide bonds. The Morgan fingerprint density at radius 3 is 2.38 bits per heavy atom. The van der Waals surface area contributed by atoms with E-state index in [1.165, 1.54) is 0 Å². The summed E-state index contributed by atoms with van der Waals surface area (Å²) in [6.45, 7) is 0.661. The molecule has 1 saturated heterocycles. The molecule has 0 spiro atoms. The van der Waals surface area contributed by atoms with Gasteiger partial charge in [-0.1, -0.05) is 0 Å². The quantitative estimate of drug-likeness (QED) is 0.530. The van der Waals surface area contributed by atoms with Gasteiger partial charge in [0, 0.05) is 31.3 Å². The fourth-order valence-corrected chi connectivity index (χ4v) is 2.00. The molecule has 4 atom stereocenters. The summed E-state index contributed by atoms with van der Waals surface area (Å²) >= 11 is 0. The van der Waals surface area contributed by atoms with Crippen molar-refractivity contribution in [2.24, 2.45) is 11.8 Å². The van der Waals surface area contributed by atoms with Crippen molar-refractivity contribution in [2.45, 2.75) is 24.6 Å². The maximum absolute atomic E-state index is 12.7. The van der Waals surface area contributed by atoms with Gasteiger partial charge in [0.15, 0.2) is 0 Å². The van der Waals surface area contributed by atoms with Crippen LogP contribution >= 0.6 is 0 Å². The second kappa shape index (κ2) is 2.87. The fraction of sp³-hybridized carbons (Fsp3) is 1.00. The van der Waals surface area contributed by atoms with Gasteiger partial charge in [0.25, 0.3) is 5.92 Å². The maximum Gasteiger partial charge on any atom is 0.252 e. The summed E-state index contributed by atoms with van der Waals surface area (Å²) < 4.78 is 25.3. The second-order valence-electron chi connectivity index (χ2n) is 3.95. The van der Waals surface area contributed by atoms with Crippen LogP contribution in [-0.2, 0) is 0 Å². The van der Waals surface area contributed by atoms with Gasteiger partial charge < -0.3 is 15.5 Å². The van der Waals surface area contributed by atoms with Crippen molar-refractivity contribution >= 4 is 0 Å². The van der Waals surface area contributed by atoms with Crippen LogP contribution in [0.1, 0.15) is 6.42 Å². The molecule has 3 N–H and O–H groups in total. The van der Waals surface area contributed by atoms with Gasteiger partial charge in [-0.2, -0.15) is 0 Å². The lowest BCUT2D eigenvalue weighted by atomic mass is 9.89. The third kappa shape index (κ3) is 1.56. The van der Waals surface area contributed by atoms with E-state index in [2.05, 4.69) is 5.32 Å². The van der Waals surface area contributed by atoms with Crippen LogP contribution in [0.25, 0.3) is 0 Å². The molecule has 2 fully saturated rings. The molecule has 76 valence electrons. The number of piperidine rings is 1. The highest BCUT2D eigenvalue weighted by molar-refractivity contribution is 5.04. The summed E-state index contributed by atoms with van der Waals surface area (Å²) in [7, 11) is 0. The Morgan fingerprint density at radius 1 is 1.23 bits per heavy atom. The highest BCUT2D eigenvalue weighted by Crippen LogP contribution is 2.54. The van der Waals surface area contributed by atoms with Gasteiger partial charge in [-0.25, -0.2) is 8.78 Å². The molecule has 2 aliphatic rings. The summed E-state index contributed by atoms with van der Waals surface area (Å²) in [5.74, 6) is -3.87. The van der Waals surface area contributed by atoms with Crippen LogP contribution in [0.15, 0.2) is 0 Å². The highest BCUT2D eigenvalue weighted by Gasteiger charge is 2.62. The van der Waals surface area contributed by atoms with E-state index >= 15 is 0 Å². The zero-order valence-corrected chi connectivity index (χ0v) is 7.08. The van der Waals surface area contributed by atoms with Gasteiger partial charge in [0.1, 0.15) is 0 Å². The number of halogens is 2. The van der Waals surface area contributed by atoms with Crippen LogP contribution in [0, 0.1) is 11.8 Å². The van der Waals surface area contributed by atoms with Crippen LogP contribution in [0.3, 0.4) is 0 Å². The third-order valence-electron chi connectivity index (χ3n) is 2.96. The standard InChI is InChI=1S/C8H13F2NO2/c9-8(10)1-5(8)4-2-11-3-6(12)7(4)13/h4-7,11-13H,1-3H2/t4?,5?,6-,7-/m1/s1. The predicted molar refractivity (Wildman–Crippen MR) is 41.4 cm³/mol. The molecule has 0 aromatic rings. The summed E-state index contributed by atoms with van der Waals surface area (Å²) in [6.07, 6.45) is -2.06. The molecule has 2 rings (SSSR count). The Balaban J connectivity index is 1.99.